The molecule has 3 amide bonds. The summed E-state index contributed by atoms with van der Waals surface area (Å²) in [4.78, 5) is 27.2. The molecule has 2 heterocycles. The molecular formula is C13H15N3O4. The topological polar surface area (TPSA) is 93.1 Å². The van der Waals surface area contributed by atoms with E-state index in [9.17, 15) is 19.8 Å². The number of carbonyl (C=O) groups is 2. The molecule has 3 rings (SSSR count). The van der Waals surface area contributed by atoms with Gasteiger partial charge in [-0.05, 0) is 18.2 Å². The van der Waals surface area contributed by atoms with E-state index in [1.165, 1.54) is 18.2 Å². The van der Waals surface area contributed by atoms with Gasteiger partial charge in [-0.25, -0.2) is 4.79 Å². The molecule has 106 valence electrons. The summed E-state index contributed by atoms with van der Waals surface area (Å²) in [7, 11) is 0. The van der Waals surface area contributed by atoms with Gasteiger partial charge in [0.15, 0.2) is 11.5 Å². The Morgan fingerprint density at radius 2 is 2.05 bits per heavy atom. The maximum absolute atomic E-state index is 12.3. The number of hydrogen-bond acceptors (Lipinski definition) is 4. The second-order valence-electron chi connectivity index (χ2n) is 4.99. The van der Waals surface area contributed by atoms with Gasteiger partial charge in [-0.2, -0.15) is 0 Å². The third-order valence-corrected chi connectivity index (χ3v) is 3.74. The maximum Gasteiger partial charge on any atom is 0.317 e. The molecule has 7 heteroatoms. The van der Waals surface area contributed by atoms with Crippen molar-refractivity contribution >= 4 is 11.9 Å². The molecule has 2 aliphatic rings. The van der Waals surface area contributed by atoms with E-state index >= 15 is 0 Å². The molecule has 0 radical (unpaired) electrons. The molecule has 1 aromatic carbocycles. The number of fused-ring (bicyclic) bond motifs is 1. The minimum atomic E-state index is -0.313. The number of benzene rings is 1. The van der Waals surface area contributed by atoms with Crippen molar-refractivity contribution in [3.8, 4) is 11.5 Å². The fourth-order valence-electron chi connectivity index (χ4n) is 2.63. The van der Waals surface area contributed by atoms with Gasteiger partial charge in [0.25, 0.3) is 5.91 Å². The zero-order chi connectivity index (χ0) is 14.3. The molecule has 1 atom stereocenters. The largest absolute Gasteiger partial charge is 0.504 e. The van der Waals surface area contributed by atoms with E-state index in [0.717, 1.165) is 0 Å². The normalized spacial score (nSPS) is 21.6. The molecule has 7 nitrogen and oxygen atoms in total. The number of phenols is 2. The average Bonchev–Trinajstić information content (AvgIpc) is 2.82. The van der Waals surface area contributed by atoms with E-state index in [1.54, 1.807) is 9.80 Å². The van der Waals surface area contributed by atoms with Crippen LogP contribution >= 0.6 is 0 Å². The van der Waals surface area contributed by atoms with Crippen molar-refractivity contribution in [1.29, 1.82) is 0 Å². The van der Waals surface area contributed by atoms with E-state index in [2.05, 4.69) is 5.32 Å². The molecule has 2 saturated heterocycles. The fraction of sp³-hybridized carbons (Fsp3) is 0.385. The van der Waals surface area contributed by atoms with Gasteiger partial charge in [0.05, 0.1) is 6.04 Å². The molecule has 0 aliphatic carbocycles. The second-order valence-corrected chi connectivity index (χ2v) is 4.99. The smallest absolute Gasteiger partial charge is 0.317 e. The van der Waals surface area contributed by atoms with Crippen LogP contribution in [0.5, 0.6) is 11.5 Å². The van der Waals surface area contributed by atoms with Gasteiger partial charge < -0.3 is 25.3 Å². The molecule has 2 fully saturated rings. The standard InChI is InChI=1S/C13H15N3O4/c17-10-2-1-8(5-11(10)18)12(19)15-3-4-16-9(7-15)6-14-13(16)20/h1-2,5,9,17-18H,3-4,6-7H2,(H,14,20). The summed E-state index contributed by atoms with van der Waals surface area (Å²) in [5, 5.41) is 21.5. The molecule has 1 aromatic rings. The number of piperazine rings is 1. The molecule has 20 heavy (non-hydrogen) atoms. The van der Waals surface area contributed by atoms with Crippen LogP contribution < -0.4 is 5.32 Å². The van der Waals surface area contributed by atoms with Gasteiger partial charge in [0.2, 0.25) is 0 Å². The minimum absolute atomic E-state index is 0.00547. The number of amides is 3. The second kappa shape index (κ2) is 4.59. The molecule has 0 spiro atoms. The van der Waals surface area contributed by atoms with Crippen LogP contribution in [0, 0.1) is 0 Å². The summed E-state index contributed by atoms with van der Waals surface area (Å²) < 4.78 is 0. The molecule has 0 bridgehead atoms. The highest BCUT2D eigenvalue weighted by Gasteiger charge is 2.37. The summed E-state index contributed by atoms with van der Waals surface area (Å²) in [5.74, 6) is -0.775. The van der Waals surface area contributed by atoms with Crippen LogP contribution in [0.3, 0.4) is 0 Å². The van der Waals surface area contributed by atoms with Crippen LogP contribution in [-0.2, 0) is 0 Å². The van der Waals surface area contributed by atoms with E-state index in [-0.39, 0.29) is 29.5 Å². The average molecular weight is 277 g/mol. The van der Waals surface area contributed by atoms with E-state index in [0.29, 0.717) is 31.7 Å². The summed E-state index contributed by atoms with van der Waals surface area (Å²) in [6.45, 7) is 1.99. The lowest BCUT2D eigenvalue weighted by Gasteiger charge is -2.36. The highest BCUT2D eigenvalue weighted by molar-refractivity contribution is 5.95. The Kier molecular flexibility index (Phi) is 2.89. The van der Waals surface area contributed by atoms with Crippen molar-refractivity contribution in [3.63, 3.8) is 0 Å². The summed E-state index contributed by atoms with van der Waals surface area (Å²) >= 11 is 0. The van der Waals surface area contributed by atoms with Crippen molar-refractivity contribution in [2.24, 2.45) is 0 Å². The Bertz CT molecular complexity index is 575. The number of hydrogen-bond donors (Lipinski definition) is 3. The SMILES string of the molecule is O=C(c1ccc(O)c(O)c1)N1CCN2C(=O)NCC2C1. The van der Waals surface area contributed by atoms with Crippen LogP contribution in [0.2, 0.25) is 0 Å². The monoisotopic (exact) mass is 277 g/mol. The first-order valence-electron chi connectivity index (χ1n) is 6.42. The third kappa shape index (κ3) is 2.01. The van der Waals surface area contributed by atoms with Gasteiger partial charge in [0.1, 0.15) is 0 Å². The van der Waals surface area contributed by atoms with Crippen LogP contribution in [-0.4, -0.2) is 64.2 Å². The van der Waals surface area contributed by atoms with Gasteiger partial charge in [-0.3, -0.25) is 4.79 Å². The van der Waals surface area contributed by atoms with Gasteiger partial charge >= 0.3 is 6.03 Å². The lowest BCUT2D eigenvalue weighted by molar-refractivity contribution is 0.0616. The van der Waals surface area contributed by atoms with Crippen molar-refractivity contribution in [2.45, 2.75) is 6.04 Å². The number of rotatable bonds is 1. The van der Waals surface area contributed by atoms with Crippen LogP contribution in [0.4, 0.5) is 4.79 Å². The number of nitrogens with zero attached hydrogens (tertiary/aromatic N) is 2. The van der Waals surface area contributed by atoms with Crippen LogP contribution in [0.1, 0.15) is 10.4 Å². The summed E-state index contributed by atoms with van der Waals surface area (Å²) in [5.41, 5.74) is 0.325. The number of carbonyl (C=O) groups excluding carboxylic acids is 2. The van der Waals surface area contributed by atoms with Crippen LogP contribution in [0.25, 0.3) is 0 Å². The highest BCUT2D eigenvalue weighted by Crippen LogP contribution is 2.26. The Balaban J connectivity index is 1.75. The lowest BCUT2D eigenvalue weighted by Crippen LogP contribution is -2.53. The van der Waals surface area contributed by atoms with E-state index < -0.39 is 0 Å². The molecule has 0 saturated carbocycles. The molecular weight excluding hydrogens is 262 g/mol. The predicted molar refractivity (Wildman–Crippen MR) is 69.6 cm³/mol. The number of phenolic OH excluding ortho intramolecular Hbond substituents is 2. The Hall–Kier alpha value is -2.44. The van der Waals surface area contributed by atoms with Gasteiger partial charge in [0, 0.05) is 31.7 Å². The first-order valence-corrected chi connectivity index (χ1v) is 6.42. The first-order chi connectivity index (χ1) is 9.56. The Morgan fingerprint density at radius 1 is 1.25 bits per heavy atom. The molecule has 2 aliphatic heterocycles. The number of nitrogens with one attached hydrogen (secondary N) is 1. The fourth-order valence-corrected chi connectivity index (χ4v) is 2.63. The predicted octanol–water partition coefficient (Wildman–Crippen LogP) is -0.0526. The Labute approximate surface area is 115 Å². The van der Waals surface area contributed by atoms with Gasteiger partial charge in [-0.15, -0.1) is 0 Å². The van der Waals surface area contributed by atoms with Crippen molar-refractivity contribution in [3.05, 3.63) is 23.8 Å². The van der Waals surface area contributed by atoms with Gasteiger partial charge in [-0.1, -0.05) is 0 Å². The Morgan fingerprint density at radius 3 is 2.80 bits per heavy atom. The number of aromatic hydroxyl groups is 2. The van der Waals surface area contributed by atoms with Crippen LogP contribution in [0.15, 0.2) is 18.2 Å². The third-order valence-electron chi connectivity index (χ3n) is 3.74. The zero-order valence-electron chi connectivity index (χ0n) is 10.7. The lowest BCUT2D eigenvalue weighted by atomic mass is 10.1. The van der Waals surface area contributed by atoms with Crippen molar-refractivity contribution in [1.82, 2.24) is 15.1 Å². The summed E-state index contributed by atoms with van der Waals surface area (Å²) in [6, 6.07) is 3.94. The van der Waals surface area contributed by atoms with Crippen molar-refractivity contribution < 1.29 is 19.8 Å². The maximum atomic E-state index is 12.3. The first kappa shape index (κ1) is 12.6. The van der Waals surface area contributed by atoms with Crippen molar-refractivity contribution in [2.75, 3.05) is 26.2 Å². The number of urea groups is 1. The van der Waals surface area contributed by atoms with E-state index in [1.807, 2.05) is 0 Å². The quantitative estimate of drug-likeness (QED) is 0.627. The minimum Gasteiger partial charge on any atom is -0.504 e. The zero-order valence-corrected chi connectivity index (χ0v) is 10.7. The molecule has 1 unspecified atom stereocenters. The summed E-state index contributed by atoms with van der Waals surface area (Å²) in [6.07, 6.45) is 0. The highest BCUT2D eigenvalue weighted by atomic mass is 16.3. The molecule has 3 N–H and O–H groups in total. The van der Waals surface area contributed by atoms with E-state index in [4.69, 9.17) is 0 Å². The molecule has 0 aromatic heterocycles.